The minimum absolute atomic E-state index is 0.126. The first-order chi connectivity index (χ1) is 15.8. The van der Waals surface area contributed by atoms with Gasteiger partial charge in [-0.05, 0) is 49.6 Å². The summed E-state index contributed by atoms with van der Waals surface area (Å²) in [6.45, 7) is 3.07. The predicted molar refractivity (Wildman–Crippen MR) is 116 cm³/mol. The molecule has 1 N–H and O–H groups in total. The number of rotatable bonds is 5. The average Bonchev–Trinajstić information content (AvgIpc) is 3.05. The zero-order valence-corrected chi connectivity index (χ0v) is 19.0. The second-order valence-corrected chi connectivity index (χ2v) is 10.2. The van der Waals surface area contributed by atoms with Crippen molar-refractivity contribution >= 4 is 15.9 Å². The summed E-state index contributed by atoms with van der Waals surface area (Å²) in [5, 5.41) is 2.81. The Bertz CT molecular complexity index is 1130. The fraction of sp³-hybridized carbons (Fsp3) is 0.435. The zero-order chi connectivity index (χ0) is 23.6. The maximum atomic E-state index is 13.5. The first-order valence-corrected chi connectivity index (χ1v) is 12.3. The van der Waals surface area contributed by atoms with Crippen molar-refractivity contribution in [2.75, 3.05) is 26.3 Å². The van der Waals surface area contributed by atoms with E-state index >= 15 is 0 Å². The molecule has 1 amide bonds. The molecule has 2 aliphatic rings. The molecule has 1 atom stereocenters. The van der Waals surface area contributed by atoms with Crippen molar-refractivity contribution in [3.05, 3.63) is 53.6 Å². The van der Waals surface area contributed by atoms with Crippen LogP contribution in [-0.4, -0.2) is 44.9 Å². The number of amides is 1. The number of fused-ring (bicyclic) bond motifs is 1. The van der Waals surface area contributed by atoms with Gasteiger partial charge in [-0.1, -0.05) is 6.07 Å². The first kappa shape index (κ1) is 23.4. The van der Waals surface area contributed by atoms with Crippen LogP contribution in [0.15, 0.2) is 41.3 Å². The van der Waals surface area contributed by atoms with Crippen molar-refractivity contribution in [2.45, 2.75) is 37.1 Å². The molecule has 1 fully saturated rings. The van der Waals surface area contributed by atoms with E-state index in [4.69, 9.17) is 9.47 Å². The first-order valence-electron chi connectivity index (χ1n) is 10.9. The van der Waals surface area contributed by atoms with Crippen LogP contribution in [0.1, 0.15) is 37.8 Å². The summed E-state index contributed by atoms with van der Waals surface area (Å²) < 4.78 is 65.4. The van der Waals surface area contributed by atoms with E-state index < -0.39 is 27.7 Å². The van der Waals surface area contributed by atoms with Gasteiger partial charge in [-0.2, -0.15) is 4.31 Å². The van der Waals surface area contributed by atoms with Gasteiger partial charge in [0.25, 0.3) is 0 Å². The minimum Gasteiger partial charge on any atom is -0.490 e. The van der Waals surface area contributed by atoms with Gasteiger partial charge in [0.1, 0.15) is 0 Å². The second kappa shape index (κ2) is 9.64. The molecule has 2 heterocycles. The quantitative estimate of drug-likeness (QED) is 0.709. The van der Waals surface area contributed by atoms with Gasteiger partial charge in [-0.3, -0.25) is 4.79 Å². The monoisotopic (exact) mass is 480 g/mol. The molecule has 2 aliphatic heterocycles. The Hall–Kier alpha value is -2.72. The van der Waals surface area contributed by atoms with Gasteiger partial charge in [0.2, 0.25) is 15.9 Å². The van der Waals surface area contributed by atoms with E-state index in [1.807, 2.05) is 0 Å². The van der Waals surface area contributed by atoms with Crippen molar-refractivity contribution in [1.29, 1.82) is 0 Å². The SMILES string of the molecule is CC(NC(=O)C1CCN(S(=O)(=O)c2ccc3c(c2)OCCCO3)CC1)c1ccc(F)c(F)c1. The molecule has 0 aromatic heterocycles. The fourth-order valence-electron chi connectivity index (χ4n) is 4.01. The number of piperidine rings is 1. The Morgan fingerprint density at radius 1 is 1.03 bits per heavy atom. The molecule has 2 aromatic rings. The molecule has 10 heteroatoms. The normalized spacial score (nSPS) is 18.4. The summed E-state index contributed by atoms with van der Waals surface area (Å²) in [7, 11) is -3.74. The van der Waals surface area contributed by atoms with Gasteiger partial charge in [0, 0.05) is 31.5 Å². The van der Waals surface area contributed by atoms with Crippen LogP contribution in [0.3, 0.4) is 0 Å². The number of hydrogen-bond acceptors (Lipinski definition) is 5. The summed E-state index contributed by atoms with van der Waals surface area (Å²) in [6, 6.07) is 7.60. The fourth-order valence-corrected chi connectivity index (χ4v) is 5.49. The van der Waals surface area contributed by atoms with E-state index in [2.05, 4.69) is 5.32 Å². The summed E-state index contributed by atoms with van der Waals surface area (Å²) in [6.07, 6.45) is 1.45. The third-order valence-corrected chi connectivity index (χ3v) is 7.88. The number of nitrogens with zero attached hydrogens (tertiary/aromatic N) is 1. The minimum atomic E-state index is -3.74. The lowest BCUT2D eigenvalue weighted by molar-refractivity contribution is -0.126. The van der Waals surface area contributed by atoms with Gasteiger partial charge in [0.05, 0.1) is 24.2 Å². The Labute approximate surface area is 191 Å². The third-order valence-electron chi connectivity index (χ3n) is 5.98. The number of halogens is 2. The Balaban J connectivity index is 1.37. The average molecular weight is 481 g/mol. The van der Waals surface area contributed by atoms with Crippen molar-refractivity contribution in [3.8, 4) is 11.5 Å². The number of carbonyl (C=O) groups excluding carboxylic acids is 1. The standard InChI is InChI=1S/C23H26F2N2O5S/c1-15(17-3-5-19(24)20(25)13-17)26-23(28)16-7-9-27(10-8-16)33(29,30)18-4-6-21-22(14-18)32-12-2-11-31-21/h3-6,13-16H,2,7-12H2,1H3,(H,26,28). The summed E-state index contributed by atoms with van der Waals surface area (Å²) >= 11 is 0. The highest BCUT2D eigenvalue weighted by Crippen LogP contribution is 2.34. The molecule has 0 spiro atoms. The molecule has 7 nitrogen and oxygen atoms in total. The molecular weight excluding hydrogens is 454 g/mol. The highest BCUT2D eigenvalue weighted by molar-refractivity contribution is 7.89. The van der Waals surface area contributed by atoms with Crippen LogP contribution in [0.5, 0.6) is 11.5 Å². The Kier molecular flexibility index (Phi) is 6.85. The maximum absolute atomic E-state index is 13.5. The summed E-state index contributed by atoms with van der Waals surface area (Å²) in [4.78, 5) is 12.8. The van der Waals surface area contributed by atoms with E-state index in [-0.39, 0.29) is 29.8 Å². The molecule has 178 valence electrons. The third kappa shape index (κ3) is 5.11. The summed E-state index contributed by atoms with van der Waals surface area (Å²) in [5.41, 5.74) is 0.455. The lowest BCUT2D eigenvalue weighted by atomic mass is 9.96. The topological polar surface area (TPSA) is 84.9 Å². The van der Waals surface area contributed by atoms with Crippen molar-refractivity contribution < 1.29 is 31.5 Å². The predicted octanol–water partition coefficient (Wildman–Crippen LogP) is 3.40. The number of sulfonamides is 1. The Morgan fingerprint density at radius 2 is 1.73 bits per heavy atom. The van der Waals surface area contributed by atoms with Gasteiger partial charge in [0.15, 0.2) is 23.1 Å². The van der Waals surface area contributed by atoms with E-state index in [0.29, 0.717) is 43.1 Å². The Morgan fingerprint density at radius 3 is 2.42 bits per heavy atom. The zero-order valence-electron chi connectivity index (χ0n) is 18.2. The van der Waals surface area contributed by atoms with Gasteiger partial charge < -0.3 is 14.8 Å². The molecular formula is C23H26F2N2O5S. The molecule has 33 heavy (non-hydrogen) atoms. The van der Waals surface area contributed by atoms with E-state index in [1.54, 1.807) is 13.0 Å². The lowest BCUT2D eigenvalue weighted by Gasteiger charge is -2.31. The molecule has 0 saturated carbocycles. The van der Waals surface area contributed by atoms with Crippen LogP contribution >= 0.6 is 0 Å². The summed E-state index contributed by atoms with van der Waals surface area (Å²) in [5.74, 6) is -1.58. The van der Waals surface area contributed by atoms with Crippen LogP contribution in [0.2, 0.25) is 0 Å². The number of hydrogen-bond donors (Lipinski definition) is 1. The van der Waals surface area contributed by atoms with Crippen molar-refractivity contribution in [3.63, 3.8) is 0 Å². The van der Waals surface area contributed by atoms with Crippen molar-refractivity contribution in [1.82, 2.24) is 9.62 Å². The van der Waals surface area contributed by atoms with Crippen LogP contribution in [-0.2, 0) is 14.8 Å². The molecule has 2 aromatic carbocycles. The lowest BCUT2D eigenvalue weighted by Crippen LogP contribution is -2.43. The number of benzene rings is 2. The largest absolute Gasteiger partial charge is 0.490 e. The van der Waals surface area contributed by atoms with Gasteiger partial charge in [-0.25, -0.2) is 17.2 Å². The molecule has 4 rings (SSSR count). The van der Waals surface area contributed by atoms with Gasteiger partial charge >= 0.3 is 0 Å². The van der Waals surface area contributed by atoms with Gasteiger partial charge in [-0.15, -0.1) is 0 Å². The van der Waals surface area contributed by atoms with E-state index in [1.165, 1.54) is 22.5 Å². The van der Waals surface area contributed by atoms with E-state index in [0.717, 1.165) is 18.6 Å². The molecule has 0 radical (unpaired) electrons. The second-order valence-electron chi connectivity index (χ2n) is 8.24. The molecule has 1 unspecified atom stereocenters. The highest BCUT2D eigenvalue weighted by Gasteiger charge is 2.33. The molecule has 0 aliphatic carbocycles. The molecule has 1 saturated heterocycles. The van der Waals surface area contributed by atoms with E-state index in [9.17, 15) is 22.0 Å². The van der Waals surface area contributed by atoms with Crippen molar-refractivity contribution in [2.24, 2.45) is 5.92 Å². The van der Waals surface area contributed by atoms with Crippen LogP contribution < -0.4 is 14.8 Å². The van der Waals surface area contributed by atoms with Crippen LogP contribution in [0, 0.1) is 17.6 Å². The van der Waals surface area contributed by atoms with Crippen LogP contribution in [0.25, 0.3) is 0 Å². The number of nitrogens with one attached hydrogen (secondary N) is 1. The number of ether oxygens (including phenoxy) is 2. The smallest absolute Gasteiger partial charge is 0.243 e. The highest BCUT2D eigenvalue weighted by atomic mass is 32.2. The molecule has 0 bridgehead atoms. The number of carbonyl (C=O) groups is 1. The van der Waals surface area contributed by atoms with Crippen LogP contribution in [0.4, 0.5) is 8.78 Å². The maximum Gasteiger partial charge on any atom is 0.243 e.